The van der Waals surface area contributed by atoms with Crippen molar-refractivity contribution in [1.29, 1.82) is 0 Å². The molecule has 0 unspecified atom stereocenters. The van der Waals surface area contributed by atoms with Gasteiger partial charge < -0.3 is 4.90 Å². The lowest BCUT2D eigenvalue weighted by Gasteiger charge is -2.28. The lowest BCUT2D eigenvalue weighted by Crippen LogP contribution is -2.16. The first-order chi connectivity index (χ1) is 25.6. The van der Waals surface area contributed by atoms with Gasteiger partial charge in [-0.3, -0.25) is 8.97 Å². The van der Waals surface area contributed by atoms with E-state index in [-0.39, 0.29) is 5.41 Å². The molecule has 0 fully saturated rings. The number of hydrogen-bond acceptors (Lipinski definition) is 3. The van der Waals surface area contributed by atoms with E-state index in [0.717, 1.165) is 61.6 Å². The highest BCUT2D eigenvalue weighted by atomic mass is 15.2. The number of imidazole rings is 1. The average Bonchev–Trinajstić information content (AvgIpc) is 3.81. The molecule has 0 radical (unpaired) electrons. The van der Waals surface area contributed by atoms with E-state index in [9.17, 15) is 0 Å². The zero-order chi connectivity index (χ0) is 34.6. The molecule has 7 aromatic carbocycles. The summed E-state index contributed by atoms with van der Waals surface area (Å²) < 4.78 is 4.55. The third-order valence-electron chi connectivity index (χ3n) is 11.1. The Morgan fingerprint density at radius 3 is 1.96 bits per heavy atom. The molecule has 0 N–H and O–H groups in total. The lowest BCUT2D eigenvalue weighted by molar-refractivity contribution is 0.660. The lowest BCUT2D eigenvalue weighted by atomic mass is 9.82. The van der Waals surface area contributed by atoms with Crippen molar-refractivity contribution in [2.45, 2.75) is 19.3 Å². The summed E-state index contributed by atoms with van der Waals surface area (Å²) >= 11 is 0. The quantitative estimate of drug-likeness (QED) is 0.187. The average molecular weight is 668 g/mol. The van der Waals surface area contributed by atoms with Gasteiger partial charge in [-0.2, -0.15) is 0 Å². The van der Waals surface area contributed by atoms with Crippen LogP contribution in [0.2, 0.25) is 0 Å². The highest BCUT2D eigenvalue weighted by Gasteiger charge is 2.35. The second kappa shape index (κ2) is 10.6. The normalized spacial score (nSPS) is 13.3. The molecule has 0 saturated heterocycles. The summed E-state index contributed by atoms with van der Waals surface area (Å²) in [6.45, 7) is 4.69. The van der Waals surface area contributed by atoms with Crippen LogP contribution in [-0.2, 0) is 5.41 Å². The molecular formula is C47H33N5. The van der Waals surface area contributed by atoms with Crippen LogP contribution < -0.4 is 4.90 Å². The minimum absolute atomic E-state index is 0.110. The SMILES string of the molecule is CC1(C)c2ccccc2-c2ccc(N(c3ccccc3)c3ccc4c5ccccc5n(-c5nc6ccccc6c6nc7ccccc7n56)c4c3)cc21. The number of hydrogen-bond donors (Lipinski definition) is 0. The van der Waals surface area contributed by atoms with Crippen LogP contribution in [0.25, 0.3) is 66.5 Å². The second-order valence-electron chi connectivity index (χ2n) is 14.3. The first-order valence-electron chi connectivity index (χ1n) is 17.9. The van der Waals surface area contributed by atoms with E-state index in [1.54, 1.807) is 0 Å². The van der Waals surface area contributed by atoms with E-state index in [0.29, 0.717) is 0 Å². The molecule has 10 aromatic rings. The first-order valence-corrected chi connectivity index (χ1v) is 17.9. The van der Waals surface area contributed by atoms with Crippen LogP contribution in [0, 0.1) is 0 Å². The monoisotopic (exact) mass is 667 g/mol. The molecule has 0 aliphatic heterocycles. The molecule has 3 aromatic heterocycles. The minimum atomic E-state index is -0.110. The van der Waals surface area contributed by atoms with Gasteiger partial charge in [0.1, 0.15) is 5.65 Å². The Kier molecular flexibility index (Phi) is 5.95. The number of aromatic nitrogens is 4. The third-order valence-corrected chi connectivity index (χ3v) is 11.1. The Morgan fingerprint density at radius 2 is 1.10 bits per heavy atom. The van der Waals surface area contributed by atoms with Crippen LogP contribution in [0.1, 0.15) is 25.0 Å². The molecule has 0 spiro atoms. The molecule has 0 bridgehead atoms. The Labute approximate surface area is 300 Å². The minimum Gasteiger partial charge on any atom is -0.310 e. The van der Waals surface area contributed by atoms with Crippen molar-refractivity contribution in [2.24, 2.45) is 0 Å². The summed E-state index contributed by atoms with van der Waals surface area (Å²) in [5.74, 6) is 0.814. The molecule has 1 aliphatic rings. The van der Waals surface area contributed by atoms with Crippen molar-refractivity contribution in [3.63, 3.8) is 0 Å². The summed E-state index contributed by atoms with van der Waals surface area (Å²) in [6.07, 6.45) is 0. The van der Waals surface area contributed by atoms with Crippen molar-refractivity contribution < 1.29 is 0 Å². The molecule has 52 heavy (non-hydrogen) atoms. The number of fused-ring (bicyclic) bond motifs is 11. The molecule has 0 atom stereocenters. The van der Waals surface area contributed by atoms with Crippen molar-refractivity contribution in [3.8, 4) is 17.1 Å². The van der Waals surface area contributed by atoms with Gasteiger partial charge >= 0.3 is 0 Å². The fourth-order valence-corrected chi connectivity index (χ4v) is 8.65. The number of nitrogens with zero attached hydrogens (tertiary/aromatic N) is 5. The standard InChI is InChI=1S/C47H33N5/c1-47(2)38-19-9-6-16-33(38)34-26-24-31(28-39(34)47)50(30-14-4-3-5-15-30)32-25-27-36-35-17-8-12-22-42(35)51(44(36)29-32)46-49-40-20-10-7-18-37(40)45-48-41-21-11-13-23-43(41)52(45)46/h3-29H,1-2H3. The Bertz CT molecular complexity index is 3060. The van der Waals surface area contributed by atoms with E-state index in [1.165, 1.54) is 33.0 Å². The predicted octanol–water partition coefficient (Wildman–Crippen LogP) is 11.9. The van der Waals surface area contributed by atoms with Gasteiger partial charge in [-0.25, -0.2) is 9.97 Å². The highest BCUT2D eigenvalue weighted by Crippen LogP contribution is 2.51. The fourth-order valence-electron chi connectivity index (χ4n) is 8.65. The fraction of sp³-hybridized carbons (Fsp3) is 0.0638. The van der Waals surface area contributed by atoms with E-state index in [1.807, 2.05) is 6.07 Å². The van der Waals surface area contributed by atoms with Crippen LogP contribution in [0.4, 0.5) is 17.1 Å². The zero-order valence-electron chi connectivity index (χ0n) is 28.8. The zero-order valence-corrected chi connectivity index (χ0v) is 28.8. The van der Waals surface area contributed by atoms with Gasteiger partial charge in [0.05, 0.1) is 27.6 Å². The van der Waals surface area contributed by atoms with Gasteiger partial charge in [0.2, 0.25) is 5.95 Å². The van der Waals surface area contributed by atoms with Gasteiger partial charge in [-0.1, -0.05) is 111 Å². The smallest absolute Gasteiger partial charge is 0.221 e. The van der Waals surface area contributed by atoms with Crippen LogP contribution in [0.15, 0.2) is 164 Å². The number of anilines is 3. The van der Waals surface area contributed by atoms with E-state index in [4.69, 9.17) is 9.97 Å². The summed E-state index contributed by atoms with van der Waals surface area (Å²) in [6, 6.07) is 58.7. The van der Waals surface area contributed by atoms with Gasteiger partial charge in [-0.05, 0) is 89.0 Å². The molecule has 11 rings (SSSR count). The Morgan fingerprint density at radius 1 is 0.462 bits per heavy atom. The maximum Gasteiger partial charge on any atom is 0.221 e. The molecular weight excluding hydrogens is 635 g/mol. The van der Waals surface area contributed by atoms with Crippen LogP contribution >= 0.6 is 0 Å². The number of benzene rings is 7. The van der Waals surface area contributed by atoms with E-state index in [2.05, 4.69) is 185 Å². The number of rotatable bonds is 4. The van der Waals surface area contributed by atoms with Crippen molar-refractivity contribution in [2.75, 3.05) is 4.90 Å². The van der Waals surface area contributed by atoms with Crippen molar-refractivity contribution in [3.05, 3.63) is 175 Å². The van der Waals surface area contributed by atoms with Crippen LogP contribution in [0.5, 0.6) is 0 Å². The molecule has 5 nitrogen and oxygen atoms in total. The highest BCUT2D eigenvalue weighted by molar-refractivity contribution is 6.10. The molecule has 3 heterocycles. The molecule has 0 amide bonds. The number of para-hydroxylation sites is 5. The second-order valence-corrected chi connectivity index (χ2v) is 14.3. The Balaban J connectivity index is 1.20. The topological polar surface area (TPSA) is 38.4 Å². The van der Waals surface area contributed by atoms with Gasteiger partial charge in [0.25, 0.3) is 0 Å². The summed E-state index contributed by atoms with van der Waals surface area (Å²) in [5, 5.41) is 3.38. The summed E-state index contributed by atoms with van der Waals surface area (Å²) in [7, 11) is 0. The van der Waals surface area contributed by atoms with E-state index >= 15 is 0 Å². The van der Waals surface area contributed by atoms with Crippen LogP contribution in [0.3, 0.4) is 0 Å². The summed E-state index contributed by atoms with van der Waals surface area (Å²) in [5.41, 5.74) is 14.5. The maximum absolute atomic E-state index is 5.41. The first kappa shape index (κ1) is 29.1. The maximum atomic E-state index is 5.41. The largest absolute Gasteiger partial charge is 0.310 e. The Hall–Kier alpha value is -6.72. The van der Waals surface area contributed by atoms with Gasteiger partial charge in [0, 0.05) is 38.6 Å². The molecule has 0 saturated carbocycles. The van der Waals surface area contributed by atoms with Crippen molar-refractivity contribution in [1.82, 2.24) is 18.9 Å². The van der Waals surface area contributed by atoms with Crippen molar-refractivity contribution >= 4 is 66.5 Å². The molecule has 1 aliphatic carbocycles. The molecule has 5 heteroatoms. The summed E-state index contributed by atoms with van der Waals surface area (Å²) in [4.78, 5) is 12.9. The predicted molar refractivity (Wildman–Crippen MR) is 215 cm³/mol. The van der Waals surface area contributed by atoms with E-state index < -0.39 is 0 Å². The van der Waals surface area contributed by atoms with Gasteiger partial charge in [-0.15, -0.1) is 0 Å². The third kappa shape index (κ3) is 3.99. The molecule has 246 valence electrons. The van der Waals surface area contributed by atoms with Gasteiger partial charge in [0.15, 0.2) is 0 Å². The van der Waals surface area contributed by atoms with Crippen LogP contribution in [-0.4, -0.2) is 18.9 Å².